The first kappa shape index (κ1) is 22.1. The first-order chi connectivity index (χ1) is 15.5. The van der Waals surface area contributed by atoms with Crippen LogP contribution in [0.25, 0.3) is 0 Å². The first-order valence-corrected chi connectivity index (χ1v) is 14.3. The highest BCUT2D eigenvalue weighted by Crippen LogP contribution is 2.50. The summed E-state index contributed by atoms with van der Waals surface area (Å²) in [5.74, 6) is 0.642. The number of nitrogens with one attached hydrogen (secondary N) is 1. The number of benzene rings is 2. The van der Waals surface area contributed by atoms with Crippen molar-refractivity contribution >= 4 is 27.5 Å². The molecule has 2 aromatic carbocycles. The topological polar surface area (TPSA) is 49.4 Å². The molecule has 1 aliphatic heterocycles. The predicted octanol–water partition coefficient (Wildman–Crippen LogP) is 6.19. The molecule has 1 saturated carbocycles. The third kappa shape index (κ3) is 3.91. The Morgan fingerprint density at radius 3 is 2.50 bits per heavy atom. The Bertz CT molecular complexity index is 1110. The predicted molar refractivity (Wildman–Crippen MR) is 133 cm³/mol. The van der Waals surface area contributed by atoms with Gasteiger partial charge in [0.1, 0.15) is 0 Å². The molecule has 3 unspecified atom stereocenters. The molecule has 3 atom stereocenters. The summed E-state index contributed by atoms with van der Waals surface area (Å²) in [6.45, 7) is 0. The van der Waals surface area contributed by atoms with E-state index in [9.17, 15) is 8.42 Å². The van der Waals surface area contributed by atoms with Crippen LogP contribution in [-0.4, -0.2) is 32.1 Å². The molecule has 0 aromatic heterocycles. The maximum Gasteiger partial charge on any atom is 0.243 e. The Labute approximate surface area is 196 Å². The lowest BCUT2D eigenvalue weighted by atomic mass is 9.77. The second-order valence-corrected chi connectivity index (χ2v) is 12.2. The van der Waals surface area contributed by atoms with Gasteiger partial charge in [-0.05, 0) is 72.9 Å². The van der Waals surface area contributed by atoms with E-state index in [1.165, 1.54) is 16.9 Å². The molecule has 1 N–H and O–H groups in total. The summed E-state index contributed by atoms with van der Waals surface area (Å²) in [5, 5.41) is 3.74. The zero-order chi connectivity index (χ0) is 22.3. The number of allylic oxidation sites excluding steroid dienone is 2. The van der Waals surface area contributed by atoms with E-state index in [0.717, 1.165) is 43.4 Å². The van der Waals surface area contributed by atoms with E-state index in [2.05, 4.69) is 48.0 Å². The molecule has 0 amide bonds. The van der Waals surface area contributed by atoms with E-state index in [4.69, 9.17) is 0 Å². The van der Waals surface area contributed by atoms with E-state index in [-0.39, 0.29) is 18.0 Å². The van der Waals surface area contributed by atoms with Crippen molar-refractivity contribution in [1.29, 1.82) is 0 Å². The summed E-state index contributed by atoms with van der Waals surface area (Å²) in [6.07, 6.45) is 13.0. The van der Waals surface area contributed by atoms with Crippen LogP contribution in [0.1, 0.15) is 61.6 Å². The minimum atomic E-state index is -3.50. The van der Waals surface area contributed by atoms with Crippen LogP contribution in [0.15, 0.2) is 64.4 Å². The fraction of sp³-hybridized carbons (Fsp3) is 0.462. The fourth-order valence-electron chi connectivity index (χ4n) is 5.68. The number of anilines is 1. The van der Waals surface area contributed by atoms with Gasteiger partial charge in [0.25, 0.3) is 0 Å². The Balaban J connectivity index is 1.46. The Morgan fingerprint density at radius 1 is 1.03 bits per heavy atom. The lowest BCUT2D eigenvalue weighted by molar-refractivity contribution is 0.286. The molecule has 3 aliphatic rings. The van der Waals surface area contributed by atoms with Crippen molar-refractivity contribution < 1.29 is 8.42 Å². The minimum absolute atomic E-state index is 0.121. The maximum atomic E-state index is 13.4. The minimum Gasteiger partial charge on any atom is -0.378 e. The van der Waals surface area contributed by atoms with Gasteiger partial charge in [0, 0.05) is 29.6 Å². The van der Waals surface area contributed by atoms with Crippen LogP contribution in [0, 0.1) is 5.92 Å². The third-order valence-electron chi connectivity index (χ3n) is 7.58. The van der Waals surface area contributed by atoms with Gasteiger partial charge in [-0.3, -0.25) is 0 Å². The van der Waals surface area contributed by atoms with Gasteiger partial charge in [-0.1, -0.05) is 43.5 Å². The van der Waals surface area contributed by atoms with Crippen molar-refractivity contribution in [3.63, 3.8) is 0 Å². The van der Waals surface area contributed by atoms with Crippen molar-refractivity contribution in [2.75, 3.05) is 18.6 Å². The van der Waals surface area contributed by atoms with Crippen molar-refractivity contribution in [1.82, 2.24) is 4.31 Å². The average molecular weight is 469 g/mol. The maximum absolute atomic E-state index is 13.4. The molecule has 2 aliphatic carbocycles. The fourth-order valence-corrected chi connectivity index (χ4v) is 7.54. The second-order valence-electron chi connectivity index (χ2n) is 9.31. The zero-order valence-corrected chi connectivity index (χ0v) is 20.5. The van der Waals surface area contributed by atoms with Gasteiger partial charge < -0.3 is 5.32 Å². The van der Waals surface area contributed by atoms with Crippen LogP contribution in [0.5, 0.6) is 0 Å². The quantitative estimate of drug-likeness (QED) is 0.420. The van der Waals surface area contributed by atoms with Crippen LogP contribution < -0.4 is 5.32 Å². The van der Waals surface area contributed by atoms with Crippen molar-refractivity contribution in [3.8, 4) is 0 Å². The second kappa shape index (κ2) is 8.88. The summed E-state index contributed by atoms with van der Waals surface area (Å²) in [4.78, 5) is 1.69. The van der Waals surface area contributed by atoms with E-state index < -0.39 is 10.0 Å². The van der Waals surface area contributed by atoms with Crippen molar-refractivity contribution in [3.05, 3.63) is 65.7 Å². The number of hydrogen-bond acceptors (Lipinski definition) is 4. The normalized spacial score (nSPS) is 25.4. The molecule has 0 saturated heterocycles. The SMILES string of the molecule is CSc1ccc(C2Nc3ccc(S(=O)(=O)N(C)C4CCCCC4)cc3C3C=CCC32)cc1. The molecule has 32 heavy (non-hydrogen) atoms. The lowest BCUT2D eigenvalue weighted by Crippen LogP contribution is -2.38. The van der Waals surface area contributed by atoms with Gasteiger partial charge >= 0.3 is 0 Å². The molecule has 2 aromatic rings. The monoisotopic (exact) mass is 468 g/mol. The van der Waals surface area contributed by atoms with Crippen molar-refractivity contribution in [2.24, 2.45) is 5.92 Å². The molecule has 170 valence electrons. The van der Waals surface area contributed by atoms with Gasteiger partial charge in [-0.2, -0.15) is 4.31 Å². The largest absolute Gasteiger partial charge is 0.378 e. The number of sulfonamides is 1. The zero-order valence-electron chi connectivity index (χ0n) is 18.8. The molecule has 0 bridgehead atoms. The van der Waals surface area contributed by atoms with Gasteiger partial charge in [-0.15, -0.1) is 11.8 Å². The van der Waals surface area contributed by atoms with Crippen LogP contribution in [0.4, 0.5) is 5.69 Å². The summed E-state index contributed by atoms with van der Waals surface area (Å²) < 4.78 is 28.5. The number of rotatable bonds is 5. The van der Waals surface area contributed by atoms with Gasteiger partial charge in [0.2, 0.25) is 10.0 Å². The molecule has 1 fully saturated rings. The summed E-state index contributed by atoms with van der Waals surface area (Å²) in [5.41, 5.74) is 3.45. The first-order valence-electron chi connectivity index (χ1n) is 11.7. The molecule has 0 spiro atoms. The molecule has 6 heteroatoms. The standard InChI is InChI=1S/C26H32N2O2S2/c1-28(19-7-4-3-5-8-19)32(29,30)21-15-16-25-24(17-21)22-9-6-10-23(22)26(27-25)18-11-13-20(31-2)14-12-18/h6,9,11-17,19,22-23,26-27H,3-5,7-8,10H2,1-2H3. The third-order valence-corrected chi connectivity index (χ3v) is 10.2. The number of fused-ring (bicyclic) bond motifs is 3. The van der Waals surface area contributed by atoms with Crippen LogP contribution in [0.2, 0.25) is 0 Å². The van der Waals surface area contributed by atoms with E-state index in [0.29, 0.717) is 10.8 Å². The van der Waals surface area contributed by atoms with Crippen molar-refractivity contribution in [2.45, 2.75) is 66.3 Å². The molecule has 0 radical (unpaired) electrons. The molecular weight excluding hydrogens is 436 g/mol. The van der Waals surface area contributed by atoms with Crippen LogP contribution >= 0.6 is 11.8 Å². The van der Waals surface area contributed by atoms with Crippen LogP contribution in [0.3, 0.4) is 0 Å². The van der Waals surface area contributed by atoms with Gasteiger partial charge in [0.15, 0.2) is 0 Å². The highest BCUT2D eigenvalue weighted by Gasteiger charge is 2.39. The number of thioether (sulfide) groups is 1. The van der Waals surface area contributed by atoms with E-state index >= 15 is 0 Å². The highest BCUT2D eigenvalue weighted by molar-refractivity contribution is 7.98. The van der Waals surface area contributed by atoms with Crippen LogP contribution in [-0.2, 0) is 10.0 Å². The van der Waals surface area contributed by atoms with E-state index in [1.54, 1.807) is 29.2 Å². The average Bonchev–Trinajstić information content (AvgIpc) is 3.34. The van der Waals surface area contributed by atoms with Gasteiger partial charge in [0.05, 0.1) is 10.9 Å². The van der Waals surface area contributed by atoms with Gasteiger partial charge in [-0.25, -0.2) is 8.42 Å². The highest BCUT2D eigenvalue weighted by atomic mass is 32.2. The smallest absolute Gasteiger partial charge is 0.243 e. The molecule has 1 heterocycles. The number of hydrogen-bond donors (Lipinski definition) is 1. The summed E-state index contributed by atoms with van der Waals surface area (Å²) >= 11 is 1.75. The lowest BCUT2D eigenvalue weighted by Gasteiger charge is -2.38. The van der Waals surface area contributed by atoms with E-state index in [1.807, 2.05) is 12.1 Å². The molecular formula is C26H32N2O2S2. The summed E-state index contributed by atoms with van der Waals surface area (Å²) in [6, 6.07) is 14.9. The number of nitrogens with zero attached hydrogens (tertiary/aromatic N) is 1. The molecule has 5 rings (SSSR count). The summed E-state index contributed by atoms with van der Waals surface area (Å²) in [7, 11) is -1.74. The Hall–Kier alpha value is -1.76. The molecule has 4 nitrogen and oxygen atoms in total. The Kier molecular flexibility index (Phi) is 6.12. The Morgan fingerprint density at radius 2 is 1.78 bits per heavy atom.